The molecule has 0 fully saturated rings. The van der Waals surface area contributed by atoms with Crippen molar-refractivity contribution in [2.45, 2.75) is 0 Å². The summed E-state index contributed by atoms with van der Waals surface area (Å²) in [5, 5.41) is 0. The van der Waals surface area contributed by atoms with Crippen LogP contribution in [0.5, 0.6) is 5.75 Å². The van der Waals surface area contributed by atoms with E-state index in [1.54, 1.807) is 23.8 Å². The Kier molecular flexibility index (Phi) is 7.13. The fraction of sp³-hybridized carbons (Fsp3) is 0.133. The Labute approximate surface area is 157 Å². The van der Waals surface area contributed by atoms with Gasteiger partial charge in [-0.1, -0.05) is 23.9 Å². The summed E-state index contributed by atoms with van der Waals surface area (Å²) in [6.07, 6.45) is 1.70. The molecule has 1 aromatic heterocycles. The van der Waals surface area contributed by atoms with Gasteiger partial charge in [0.15, 0.2) is 0 Å². The van der Waals surface area contributed by atoms with Crippen LogP contribution in [0.3, 0.4) is 0 Å². The maximum atomic E-state index is 11.9. The van der Waals surface area contributed by atoms with Crippen molar-refractivity contribution in [3.8, 4) is 17.0 Å². The number of hydrogen-bond donors (Lipinski definition) is 0. The summed E-state index contributed by atoms with van der Waals surface area (Å²) in [4.78, 5) is 11.9. The molecule has 5 heteroatoms. The van der Waals surface area contributed by atoms with Crippen LogP contribution in [-0.2, 0) is 39.8 Å². The van der Waals surface area contributed by atoms with Crippen molar-refractivity contribution in [1.82, 2.24) is 4.57 Å². The second-order valence-electron chi connectivity index (χ2n) is 3.97. The monoisotopic (exact) mass is 455 g/mol. The van der Waals surface area contributed by atoms with Crippen molar-refractivity contribution in [2.75, 3.05) is 6.61 Å². The Morgan fingerprint density at radius 1 is 1.40 bits per heavy atom. The predicted molar refractivity (Wildman–Crippen MR) is 84.4 cm³/mol. The van der Waals surface area contributed by atoms with Gasteiger partial charge in [0.1, 0.15) is 12.4 Å². The van der Waals surface area contributed by atoms with E-state index >= 15 is 0 Å². The molecule has 1 aromatic carbocycles. The quantitative estimate of drug-likeness (QED) is 0.404. The van der Waals surface area contributed by atoms with Crippen LogP contribution in [-0.4, -0.2) is 11.2 Å². The van der Waals surface area contributed by atoms with Crippen LogP contribution in [0.2, 0.25) is 0 Å². The largest absolute Gasteiger partial charge is 0.490 e. The van der Waals surface area contributed by atoms with E-state index in [9.17, 15) is 4.79 Å². The minimum atomic E-state index is -0.0127. The topological polar surface area (TPSA) is 31.2 Å². The maximum Gasteiger partial charge on any atom is 0.207 e. The Morgan fingerprint density at radius 2 is 2.05 bits per heavy atom. The van der Waals surface area contributed by atoms with Gasteiger partial charge in [-0.3, -0.25) is 4.79 Å². The molecular formula is C15H13INO2Y-. The van der Waals surface area contributed by atoms with E-state index in [1.807, 2.05) is 46.9 Å². The molecule has 0 N–H and O–H groups in total. The summed E-state index contributed by atoms with van der Waals surface area (Å²) in [7, 11) is 1.75. The zero-order chi connectivity index (χ0) is 13.8. The molecule has 0 bridgehead atoms. The van der Waals surface area contributed by atoms with E-state index < -0.39 is 0 Å². The van der Waals surface area contributed by atoms with Crippen molar-refractivity contribution < 1.29 is 37.4 Å². The van der Waals surface area contributed by atoms with Crippen molar-refractivity contribution in [3.63, 3.8) is 0 Å². The molecule has 0 amide bonds. The van der Waals surface area contributed by atoms with Gasteiger partial charge in [0.25, 0.3) is 0 Å². The molecule has 0 atom stereocenters. The number of aromatic nitrogens is 1. The van der Waals surface area contributed by atoms with Crippen molar-refractivity contribution in [2.24, 2.45) is 7.05 Å². The third-order valence-corrected chi connectivity index (χ3v) is 3.45. The molecule has 0 aliphatic rings. The molecule has 0 unspecified atom stereocenters. The summed E-state index contributed by atoms with van der Waals surface area (Å²) in [5.74, 6) is 0.777. The van der Waals surface area contributed by atoms with Crippen molar-refractivity contribution >= 4 is 22.6 Å². The average Bonchev–Trinajstić information content (AvgIpc) is 2.44. The normalized spacial score (nSPS) is 9.70. The van der Waals surface area contributed by atoms with Gasteiger partial charge in [-0.15, -0.1) is 34.7 Å². The smallest absolute Gasteiger partial charge is 0.207 e. The van der Waals surface area contributed by atoms with Crippen LogP contribution in [0.4, 0.5) is 0 Å². The van der Waals surface area contributed by atoms with Gasteiger partial charge in [0.05, 0.1) is 0 Å². The zero-order valence-corrected chi connectivity index (χ0v) is 16.1. The van der Waals surface area contributed by atoms with E-state index in [0.29, 0.717) is 10.2 Å². The number of benzene rings is 1. The second-order valence-corrected chi connectivity index (χ2v) is 5.14. The minimum Gasteiger partial charge on any atom is -0.490 e. The van der Waals surface area contributed by atoms with E-state index in [2.05, 4.69) is 12.6 Å². The van der Waals surface area contributed by atoms with Gasteiger partial charge in [-0.05, 0) is 15.7 Å². The molecule has 20 heavy (non-hydrogen) atoms. The Hall–Kier alpha value is -0.456. The van der Waals surface area contributed by atoms with Gasteiger partial charge in [0, 0.05) is 39.8 Å². The number of rotatable bonds is 4. The number of halogens is 1. The van der Waals surface area contributed by atoms with Crippen molar-refractivity contribution in [1.29, 1.82) is 0 Å². The summed E-state index contributed by atoms with van der Waals surface area (Å²) in [5.41, 5.74) is 1.68. The van der Waals surface area contributed by atoms with Crippen LogP contribution in [0, 0.1) is 9.64 Å². The molecule has 1 heterocycles. The van der Waals surface area contributed by atoms with Gasteiger partial charge in [-0.25, -0.2) is 0 Å². The number of pyridine rings is 1. The Balaban J connectivity index is 0.00000200. The Bertz CT molecular complexity index is 650. The van der Waals surface area contributed by atoms with Crippen molar-refractivity contribution in [3.05, 3.63) is 63.0 Å². The third-order valence-electron chi connectivity index (χ3n) is 2.68. The second kappa shape index (κ2) is 8.10. The molecule has 2 rings (SSSR count). The van der Waals surface area contributed by atoms with Crippen LogP contribution >= 0.6 is 22.6 Å². The van der Waals surface area contributed by atoms with Crippen LogP contribution in [0.1, 0.15) is 0 Å². The fourth-order valence-corrected chi connectivity index (χ4v) is 2.21. The third kappa shape index (κ3) is 4.02. The number of hydrogen-bond acceptors (Lipinski definition) is 2. The van der Waals surface area contributed by atoms with Crippen LogP contribution in [0.25, 0.3) is 11.3 Å². The van der Waals surface area contributed by atoms with Gasteiger partial charge >= 0.3 is 0 Å². The first-order valence-electron chi connectivity index (χ1n) is 5.75. The summed E-state index contributed by atoms with van der Waals surface area (Å²) < 4.78 is 7.68. The van der Waals surface area contributed by atoms with E-state index in [4.69, 9.17) is 4.74 Å². The summed E-state index contributed by atoms with van der Waals surface area (Å²) in [6.45, 7) is 4.08. The predicted octanol–water partition coefficient (Wildman–Crippen LogP) is 3.02. The SMILES string of the molecule is C=CCOc1ccc(-c2[c-]cc(I)c(=O)n2C)cc1.[Y]. The summed E-state index contributed by atoms with van der Waals surface area (Å²) in [6, 6.07) is 12.4. The van der Waals surface area contributed by atoms with Crippen LogP contribution < -0.4 is 10.3 Å². The molecule has 0 saturated carbocycles. The first kappa shape index (κ1) is 17.6. The number of nitrogens with zero attached hydrogens (tertiary/aromatic N) is 1. The van der Waals surface area contributed by atoms with Gasteiger partial charge in [-0.2, -0.15) is 12.1 Å². The van der Waals surface area contributed by atoms with E-state index in [0.717, 1.165) is 17.0 Å². The standard InChI is InChI=1S/C15H13INO2.Y/c1-3-10-19-12-6-4-11(5-7-12)14-9-8-13(16)15(18)17(14)2;/h3-8H,1,10H2,2H3;/q-1;. The van der Waals surface area contributed by atoms with E-state index in [-0.39, 0.29) is 38.3 Å². The minimum absolute atomic E-state index is 0. The number of ether oxygens (including phenoxy) is 1. The molecule has 3 nitrogen and oxygen atoms in total. The van der Waals surface area contributed by atoms with Gasteiger partial charge in [0.2, 0.25) is 5.56 Å². The first-order chi connectivity index (χ1) is 9.13. The van der Waals surface area contributed by atoms with Crippen LogP contribution in [0.15, 0.2) is 47.8 Å². The molecule has 0 spiro atoms. The molecule has 0 saturated heterocycles. The molecule has 0 aliphatic carbocycles. The Morgan fingerprint density at radius 3 is 2.65 bits per heavy atom. The average molecular weight is 455 g/mol. The molecule has 2 aromatic rings. The molecule has 1 radical (unpaired) electrons. The molecular weight excluding hydrogens is 442 g/mol. The first-order valence-corrected chi connectivity index (χ1v) is 6.82. The summed E-state index contributed by atoms with van der Waals surface area (Å²) >= 11 is 2.01. The van der Waals surface area contributed by atoms with Gasteiger partial charge < -0.3 is 9.30 Å². The van der Waals surface area contributed by atoms with E-state index in [1.165, 1.54) is 0 Å². The fourth-order valence-electron chi connectivity index (χ4n) is 1.69. The zero-order valence-electron chi connectivity index (χ0n) is 11.1. The molecule has 0 aliphatic heterocycles. The maximum absolute atomic E-state index is 11.9. The molecule has 101 valence electrons.